The number of nitrogens with zero attached hydrogens (tertiary/aromatic N) is 1. The van der Waals surface area contributed by atoms with Gasteiger partial charge in [-0.05, 0) is 35.3 Å². The molecule has 1 aliphatic heterocycles. The van der Waals surface area contributed by atoms with Crippen LogP contribution in [0, 0.1) is 0 Å². The number of benzene rings is 2. The summed E-state index contributed by atoms with van der Waals surface area (Å²) in [7, 11) is 0. The number of rotatable bonds is 7. The van der Waals surface area contributed by atoms with Crippen molar-refractivity contribution in [2.45, 2.75) is 31.8 Å². The Labute approximate surface area is 161 Å². The van der Waals surface area contributed by atoms with E-state index in [-0.39, 0.29) is 0 Å². The summed E-state index contributed by atoms with van der Waals surface area (Å²) in [5, 5.41) is 6.39. The first-order valence-corrected chi connectivity index (χ1v) is 9.36. The molecule has 0 saturated heterocycles. The third-order valence-electron chi connectivity index (χ3n) is 4.47. The fourth-order valence-electron chi connectivity index (χ4n) is 2.95. The van der Waals surface area contributed by atoms with Crippen LogP contribution in [-0.2, 0) is 6.42 Å². The van der Waals surface area contributed by atoms with Gasteiger partial charge < -0.3 is 21.1 Å². The lowest BCUT2D eigenvalue weighted by Gasteiger charge is -2.32. The molecule has 0 fully saturated rings. The summed E-state index contributed by atoms with van der Waals surface area (Å²) in [5.41, 5.74) is 8.38. The Morgan fingerprint density at radius 1 is 1.07 bits per heavy atom. The lowest BCUT2D eigenvalue weighted by atomic mass is 9.96. The van der Waals surface area contributed by atoms with Crippen molar-refractivity contribution in [2.24, 2.45) is 10.7 Å². The van der Waals surface area contributed by atoms with Gasteiger partial charge in [0.05, 0.1) is 6.54 Å². The number of hydrogen-bond acceptors (Lipinski definition) is 3. The van der Waals surface area contributed by atoms with Crippen LogP contribution < -0.4 is 21.1 Å². The number of para-hydroxylation sites is 1. The fraction of sp³-hybridized carbons (Fsp3) is 0.318. The van der Waals surface area contributed by atoms with Gasteiger partial charge in [-0.2, -0.15) is 0 Å². The molecule has 0 bridgehead atoms. The van der Waals surface area contributed by atoms with E-state index in [1.165, 1.54) is 11.1 Å². The first-order chi connectivity index (χ1) is 13.0. The molecule has 1 atom stereocenters. The zero-order valence-corrected chi connectivity index (χ0v) is 16.0. The molecule has 2 aromatic rings. The van der Waals surface area contributed by atoms with Crippen LogP contribution in [0.1, 0.15) is 30.9 Å². The van der Waals surface area contributed by atoms with Crippen molar-refractivity contribution in [1.82, 2.24) is 10.6 Å². The van der Waals surface area contributed by atoms with Crippen molar-refractivity contribution in [3.63, 3.8) is 0 Å². The lowest BCUT2D eigenvalue weighted by molar-refractivity contribution is 0.328. The van der Waals surface area contributed by atoms with Gasteiger partial charge >= 0.3 is 0 Å². The number of aliphatic imine (C=N–C) groups is 1. The Morgan fingerprint density at radius 2 is 1.81 bits per heavy atom. The molecular formula is C22H28N4O. The predicted molar refractivity (Wildman–Crippen MR) is 111 cm³/mol. The van der Waals surface area contributed by atoms with Crippen molar-refractivity contribution in [1.29, 1.82) is 0 Å². The summed E-state index contributed by atoms with van der Waals surface area (Å²) in [6.07, 6.45) is 4.46. The molecule has 0 aromatic heterocycles. The van der Waals surface area contributed by atoms with Crippen LogP contribution in [0.5, 0.6) is 5.75 Å². The van der Waals surface area contributed by atoms with Crippen LogP contribution in [0.25, 0.3) is 0 Å². The molecule has 0 saturated carbocycles. The highest BCUT2D eigenvalue weighted by Crippen LogP contribution is 2.18. The minimum Gasteiger partial charge on any atom is -0.492 e. The molecule has 1 heterocycles. The molecular weight excluding hydrogens is 336 g/mol. The average Bonchev–Trinajstić information content (AvgIpc) is 2.66. The van der Waals surface area contributed by atoms with Crippen molar-refractivity contribution in [2.75, 3.05) is 13.2 Å². The number of ether oxygens (including phenoxy) is 1. The highest BCUT2D eigenvalue weighted by atomic mass is 16.5. The monoisotopic (exact) mass is 364 g/mol. The van der Waals surface area contributed by atoms with Crippen LogP contribution in [0.3, 0.4) is 0 Å². The Bertz CT molecular complexity index is 784. The van der Waals surface area contributed by atoms with Crippen molar-refractivity contribution in [3.05, 3.63) is 78.0 Å². The van der Waals surface area contributed by atoms with Crippen molar-refractivity contribution < 1.29 is 4.74 Å². The van der Waals surface area contributed by atoms with Gasteiger partial charge in [0.2, 0.25) is 0 Å². The Hall–Kier alpha value is -2.79. The third kappa shape index (κ3) is 5.59. The van der Waals surface area contributed by atoms with Gasteiger partial charge in [0.25, 0.3) is 0 Å². The highest BCUT2D eigenvalue weighted by molar-refractivity contribution is 5.83. The first kappa shape index (κ1) is 19.0. The minimum atomic E-state index is -0.663. The van der Waals surface area contributed by atoms with Crippen LogP contribution in [0.2, 0.25) is 0 Å². The predicted octanol–water partition coefficient (Wildman–Crippen LogP) is 3.15. The van der Waals surface area contributed by atoms with E-state index in [9.17, 15) is 0 Å². The summed E-state index contributed by atoms with van der Waals surface area (Å²) < 4.78 is 5.66. The van der Waals surface area contributed by atoms with Gasteiger partial charge in [-0.1, -0.05) is 56.3 Å². The molecule has 27 heavy (non-hydrogen) atoms. The average molecular weight is 364 g/mol. The topological polar surface area (TPSA) is 71.7 Å². The number of nitrogens with one attached hydrogen (secondary N) is 2. The maximum absolute atomic E-state index is 6.52. The maximum atomic E-state index is 6.52. The van der Waals surface area contributed by atoms with Gasteiger partial charge in [0.1, 0.15) is 18.0 Å². The quantitative estimate of drug-likeness (QED) is 0.660. The SMILES string of the molecule is CC(C)c1ccc(CC2(N)C=CNC(=NCCOc3ccccc3)N2)cc1. The molecule has 3 rings (SSSR count). The molecule has 0 aliphatic carbocycles. The molecule has 1 unspecified atom stereocenters. The Kier molecular flexibility index (Phi) is 6.14. The molecule has 0 amide bonds. The lowest BCUT2D eigenvalue weighted by Crippen LogP contribution is -2.61. The second kappa shape index (κ2) is 8.73. The highest BCUT2D eigenvalue weighted by Gasteiger charge is 2.26. The van der Waals surface area contributed by atoms with Crippen LogP contribution in [0.15, 0.2) is 71.9 Å². The van der Waals surface area contributed by atoms with Gasteiger partial charge in [-0.25, -0.2) is 4.99 Å². The summed E-state index contributed by atoms with van der Waals surface area (Å²) in [4.78, 5) is 4.51. The first-order valence-electron chi connectivity index (χ1n) is 9.36. The zero-order valence-electron chi connectivity index (χ0n) is 16.0. The van der Waals surface area contributed by atoms with Crippen LogP contribution in [0.4, 0.5) is 0 Å². The van der Waals surface area contributed by atoms with Gasteiger partial charge in [-0.3, -0.25) is 0 Å². The van der Waals surface area contributed by atoms with E-state index in [2.05, 4.69) is 53.7 Å². The molecule has 5 nitrogen and oxygen atoms in total. The fourth-order valence-corrected chi connectivity index (χ4v) is 2.95. The van der Waals surface area contributed by atoms with E-state index in [1.807, 2.05) is 42.6 Å². The third-order valence-corrected chi connectivity index (χ3v) is 4.47. The molecule has 1 aliphatic rings. The number of guanidine groups is 1. The van der Waals surface area contributed by atoms with E-state index >= 15 is 0 Å². The van der Waals surface area contributed by atoms with E-state index < -0.39 is 5.66 Å². The van der Waals surface area contributed by atoms with Crippen molar-refractivity contribution >= 4 is 5.96 Å². The smallest absolute Gasteiger partial charge is 0.197 e. The second-order valence-electron chi connectivity index (χ2n) is 7.11. The van der Waals surface area contributed by atoms with Crippen molar-refractivity contribution in [3.8, 4) is 5.75 Å². The maximum Gasteiger partial charge on any atom is 0.197 e. The molecule has 5 heteroatoms. The molecule has 4 N–H and O–H groups in total. The Balaban J connectivity index is 1.54. The van der Waals surface area contributed by atoms with E-state index in [4.69, 9.17) is 10.5 Å². The summed E-state index contributed by atoms with van der Waals surface area (Å²) in [6.45, 7) is 5.44. The summed E-state index contributed by atoms with van der Waals surface area (Å²) in [5.74, 6) is 2.04. The van der Waals surface area contributed by atoms with Gasteiger partial charge in [-0.15, -0.1) is 0 Å². The van der Waals surface area contributed by atoms with Crippen LogP contribution >= 0.6 is 0 Å². The molecule has 2 aromatic carbocycles. The normalized spacial score (nSPS) is 20.4. The standard InChI is InChI=1S/C22H28N4O/c1-17(2)19-10-8-18(9-11-19)16-22(23)12-13-24-21(26-22)25-14-15-27-20-6-4-3-5-7-20/h3-13,17H,14-16,23H2,1-2H3,(H2,24,25,26). The van der Waals surface area contributed by atoms with Gasteiger partial charge in [0.15, 0.2) is 5.96 Å². The summed E-state index contributed by atoms with van der Waals surface area (Å²) >= 11 is 0. The van der Waals surface area contributed by atoms with Gasteiger partial charge in [0, 0.05) is 12.6 Å². The minimum absolute atomic E-state index is 0.509. The van der Waals surface area contributed by atoms with E-state index in [0.29, 0.717) is 31.4 Å². The number of hydrogen-bond donors (Lipinski definition) is 3. The Morgan fingerprint density at radius 3 is 2.52 bits per heavy atom. The summed E-state index contributed by atoms with van der Waals surface area (Å²) in [6, 6.07) is 18.4. The zero-order chi connectivity index (χ0) is 19.1. The van der Waals surface area contributed by atoms with E-state index in [1.54, 1.807) is 0 Å². The molecule has 142 valence electrons. The second-order valence-corrected chi connectivity index (χ2v) is 7.11. The largest absolute Gasteiger partial charge is 0.492 e. The number of nitrogens with two attached hydrogens (primary N) is 1. The van der Waals surface area contributed by atoms with Crippen LogP contribution in [-0.4, -0.2) is 24.8 Å². The molecule has 0 spiro atoms. The molecule has 0 radical (unpaired) electrons. The van der Waals surface area contributed by atoms with E-state index in [0.717, 1.165) is 5.75 Å².